The average Bonchev–Trinajstić information content (AvgIpc) is 2.73. The lowest BCUT2D eigenvalue weighted by atomic mass is 10.1. The number of aromatic nitrogens is 2. The minimum Gasteiger partial charge on any atom is -0.331 e. The van der Waals surface area contributed by atoms with Gasteiger partial charge in [-0.3, -0.25) is 4.79 Å². The number of hydrogen-bond acceptors (Lipinski definition) is 3. The summed E-state index contributed by atoms with van der Waals surface area (Å²) >= 11 is 1.54. The van der Waals surface area contributed by atoms with Crippen LogP contribution in [-0.2, 0) is 7.05 Å². The zero-order valence-corrected chi connectivity index (χ0v) is 8.84. The maximum Gasteiger partial charge on any atom is 0.229 e. The van der Waals surface area contributed by atoms with E-state index in [0.29, 0.717) is 5.82 Å². The molecule has 2 heterocycles. The van der Waals surface area contributed by atoms with Crippen molar-refractivity contribution in [2.24, 2.45) is 7.05 Å². The van der Waals surface area contributed by atoms with E-state index >= 15 is 0 Å². The third-order valence-electron chi connectivity index (χ3n) is 2.12. The molecule has 0 amide bonds. The molecular formula is C10H10N2OS. The second-order valence-electron chi connectivity index (χ2n) is 3.16. The van der Waals surface area contributed by atoms with Gasteiger partial charge in [-0.25, -0.2) is 4.98 Å². The summed E-state index contributed by atoms with van der Waals surface area (Å²) in [4.78, 5) is 16.0. The molecule has 2 aromatic heterocycles. The van der Waals surface area contributed by atoms with Crippen LogP contribution in [0.3, 0.4) is 0 Å². The Kier molecular flexibility index (Phi) is 2.21. The predicted octanol–water partition coefficient (Wildman–Crippen LogP) is 2.02. The van der Waals surface area contributed by atoms with Gasteiger partial charge in [-0.2, -0.15) is 11.3 Å². The van der Waals surface area contributed by atoms with Gasteiger partial charge in [0.25, 0.3) is 0 Å². The highest BCUT2D eigenvalue weighted by molar-refractivity contribution is 7.08. The van der Waals surface area contributed by atoms with Crippen LogP contribution in [0.4, 0.5) is 0 Å². The van der Waals surface area contributed by atoms with Gasteiger partial charge in [-0.05, 0) is 17.9 Å². The van der Waals surface area contributed by atoms with E-state index in [1.54, 1.807) is 17.0 Å². The average molecular weight is 206 g/mol. The molecule has 2 rings (SSSR count). The monoisotopic (exact) mass is 206 g/mol. The molecule has 0 spiro atoms. The number of carbonyl (C=O) groups excluding carboxylic acids is 1. The van der Waals surface area contributed by atoms with Crippen LogP contribution in [0.15, 0.2) is 23.2 Å². The Morgan fingerprint density at radius 1 is 1.50 bits per heavy atom. The molecule has 0 aliphatic carbocycles. The number of aryl methyl sites for hydroxylation is 2. The van der Waals surface area contributed by atoms with Crippen molar-refractivity contribution in [2.75, 3.05) is 0 Å². The van der Waals surface area contributed by atoms with Crippen molar-refractivity contribution in [3.05, 3.63) is 40.1 Å². The maximum absolute atomic E-state index is 11.9. The van der Waals surface area contributed by atoms with Crippen molar-refractivity contribution in [3.8, 4) is 0 Å². The van der Waals surface area contributed by atoms with E-state index in [1.165, 1.54) is 11.3 Å². The highest BCUT2D eigenvalue weighted by atomic mass is 32.1. The summed E-state index contributed by atoms with van der Waals surface area (Å²) in [5.74, 6) is 0.489. The van der Waals surface area contributed by atoms with Crippen molar-refractivity contribution in [3.63, 3.8) is 0 Å². The molecule has 0 saturated heterocycles. The summed E-state index contributed by atoms with van der Waals surface area (Å²) in [6.45, 7) is 1.94. The van der Waals surface area contributed by atoms with Gasteiger partial charge in [0.1, 0.15) is 0 Å². The fourth-order valence-electron chi connectivity index (χ4n) is 1.30. The Hall–Kier alpha value is -1.42. The molecule has 14 heavy (non-hydrogen) atoms. The van der Waals surface area contributed by atoms with Crippen molar-refractivity contribution in [2.45, 2.75) is 6.92 Å². The topological polar surface area (TPSA) is 34.9 Å². The number of imidazole rings is 1. The second-order valence-corrected chi connectivity index (χ2v) is 3.90. The SMILES string of the molecule is Cc1cscc1C(=O)c1nccn1C. The lowest BCUT2D eigenvalue weighted by Gasteiger charge is -1.99. The van der Waals surface area contributed by atoms with Gasteiger partial charge in [0, 0.05) is 30.4 Å². The van der Waals surface area contributed by atoms with Crippen molar-refractivity contribution < 1.29 is 4.79 Å². The molecule has 0 aliphatic rings. The summed E-state index contributed by atoms with van der Waals surface area (Å²) in [6.07, 6.45) is 3.41. The molecule has 4 heteroatoms. The van der Waals surface area contributed by atoms with Crippen LogP contribution in [0, 0.1) is 6.92 Å². The number of nitrogens with zero attached hydrogens (tertiary/aromatic N) is 2. The van der Waals surface area contributed by atoms with Crippen molar-refractivity contribution in [1.29, 1.82) is 0 Å². The fraction of sp³-hybridized carbons (Fsp3) is 0.200. The highest BCUT2D eigenvalue weighted by Gasteiger charge is 2.15. The first-order valence-electron chi connectivity index (χ1n) is 4.25. The number of thiophene rings is 1. The molecule has 0 bridgehead atoms. The number of hydrogen-bond donors (Lipinski definition) is 0. The predicted molar refractivity (Wildman–Crippen MR) is 55.7 cm³/mol. The normalized spacial score (nSPS) is 10.4. The third-order valence-corrected chi connectivity index (χ3v) is 2.99. The fourth-order valence-corrected chi connectivity index (χ4v) is 2.13. The van der Waals surface area contributed by atoms with Gasteiger partial charge in [0.05, 0.1) is 0 Å². The molecule has 3 nitrogen and oxygen atoms in total. The van der Waals surface area contributed by atoms with Crippen LogP contribution in [-0.4, -0.2) is 15.3 Å². The van der Waals surface area contributed by atoms with E-state index in [1.807, 2.05) is 24.7 Å². The zero-order chi connectivity index (χ0) is 10.1. The van der Waals surface area contributed by atoms with Gasteiger partial charge in [0.2, 0.25) is 5.78 Å². The number of rotatable bonds is 2. The van der Waals surface area contributed by atoms with Gasteiger partial charge < -0.3 is 4.57 Å². The molecule has 0 radical (unpaired) electrons. The summed E-state index contributed by atoms with van der Waals surface area (Å²) < 4.78 is 1.74. The molecule has 0 fully saturated rings. The Balaban J connectivity index is 2.44. The molecule has 0 aromatic carbocycles. The van der Waals surface area contributed by atoms with Gasteiger partial charge >= 0.3 is 0 Å². The molecule has 0 saturated carbocycles. The van der Waals surface area contributed by atoms with Crippen LogP contribution >= 0.6 is 11.3 Å². The van der Waals surface area contributed by atoms with Crippen LogP contribution in [0.2, 0.25) is 0 Å². The lowest BCUT2D eigenvalue weighted by Crippen LogP contribution is -2.08. The Bertz CT molecular complexity index is 428. The van der Waals surface area contributed by atoms with Crippen LogP contribution in [0.1, 0.15) is 21.7 Å². The Labute approximate surface area is 86.0 Å². The summed E-state index contributed by atoms with van der Waals surface area (Å²) in [5.41, 5.74) is 1.77. The quantitative estimate of drug-likeness (QED) is 0.705. The maximum atomic E-state index is 11.9. The van der Waals surface area contributed by atoms with Gasteiger partial charge in [-0.1, -0.05) is 0 Å². The molecule has 0 N–H and O–H groups in total. The smallest absolute Gasteiger partial charge is 0.229 e. The second kappa shape index (κ2) is 3.38. The minimum absolute atomic E-state index is 0.00347. The molecule has 2 aromatic rings. The molecule has 72 valence electrons. The zero-order valence-electron chi connectivity index (χ0n) is 8.02. The first-order chi connectivity index (χ1) is 6.70. The van der Waals surface area contributed by atoms with E-state index in [-0.39, 0.29) is 5.78 Å². The van der Waals surface area contributed by atoms with Crippen LogP contribution < -0.4 is 0 Å². The van der Waals surface area contributed by atoms with Crippen LogP contribution in [0.5, 0.6) is 0 Å². The molecule has 0 aliphatic heterocycles. The number of ketones is 1. The largest absolute Gasteiger partial charge is 0.331 e. The highest BCUT2D eigenvalue weighted by Crippen LogP contribution is 2.16. The van der Waals surface area contributed by atoms with E-state index in [2.05, 4.69) is 4.98 Å². The first kappa shape index (κ1) is 9.15. The standard InChI is InChI=1S/C10H10N2OS/c1-7-5-14-6-8(7)9(13)10-11-3-4-12(10)2/h3-6H,1-2H3. The first-order valence-corrected chi connectivity index (χ1v) is 5.19. The van der Waals surface area contributed by atoms with Crippen LogP contribution in [0.25, 0.3) is 0 Å². The number of carbonyl (C=O) groups is 1. The van der Waals surface area contributed by atoms with Crippen molar-refractivity contribution >= 4 is 17.1 Å². The van der Waals surface area contributed by atoms with E-state index < -0.39 is 0 Å². The molecular weight excluding hydrogens is 196 g/mol. The van der Waals surface area contributed by atoms with Gasteiger partial charge in [-0.15, -0.1) is 0 Å². The van der Waals surface area contributed by atoms with Crippen molar-refractivity contribution in [1.82, 2.24) is 9.55 Å². The minimum atomic E-state index is -0.00347. The van der Waals surface area contributed by atoms with Gasteiger partial charge in [0.15, 0.2) is 5.82 Å². The molecule has 0 unspecified atom stereocenters. The van der Waals surface area contributed by atoms with E-state index in [0.717, 1.165) is 11.1 Å². The van der Waals surface area contributed by atoms with E-state index in [9.17, 15) is 4.79 Å². The summed E-state index contributed by atoms with van der Waals surface area (Å²) in [5, 5.41) is 3.84. The Morgan fingerprint density at radius 2 is 2.29 bits per heavy atom. The van der Waals surface area contributed by atoms with E-state index in [4.69, 9.17) is 0 Å². The Morgan fingerprint density at radius 3 is 2.79 bits per heavy atom. The summed E-state index contributed by atoms with van der Waals surface area (Å²) in [7, 11) is 1.82. The third kappa shape index (κ3) is 1.37. The molecule has 0 atom stereocenters. The lowest BCUT2D eigenvalue weighted by molar-refractivity contribution is 0.102. The summed E-state index contributed by atoms with van der Waals surface area (Å²) in [6, 6.07) is 0.